The molecule has 0 heterocycles. The van der Waals surface area contributed by atoms with Crippen molar-refractivity contribution >= 4 is 0 Å². The lowest BCUT2D eigenvalue weighted by molar-refractivity contribution is 0.319. The SMILES string of the molecule is C=CC(C)(CC)NC(C)(C)/C(C)=C/C=C\CCC. The molecule has 0 aliphatic heterocycles. The Hall–Kier alpha value is -0.820. The molecule has 0 spiro atoms. The number of unbranched alkanes of at least 4 members (excludes halogenated alkanes) is 1. The molecule has 0 aliphatic rings. The lowest BCUT2D eigenvalue weighted by Crippen LogP contribution is -2.52. The summed E-state index contributed by atoms with van der Waals surface area (Å²) in [5, 5.41) is 3.69. The average Bonchev–Trinajstić information content (AvgIpc) is 2.33. The van der Waals surface area contributed by atoms with Crippen LogP contribution in [0.1, 0.15) is 60.8 Å². The normalized spacial score (nSPS) is 16.9. The number of rotatable bonds is 8. The molecule has 0 bridgehead atoms. The van der Waals surface area contributed by atoms with Gasteiger partial charge in [0, 0.05) is 11.1 Å². The van der Waals surface area contributed by atoms with Crippen LogP contribution in [-0.2, 0) is 0 Å². The molecular weight excluding hydrogens is 218 g/mol. The first-order valence-corrected chi connectivity index (χ1v) is 7.08. The Labute approximate surface area is 114 Å². The third-order valence-electron chi connectivity index (χ3n) is 3.71. The molecule has 0 aromatic carbocycles. The van der Waals surface area contributed by atoms with Gasteiger partial charge in [-0.15, -0.1) is 6.58 Å². The van der Waals surface area contributed by atoms with Crippen molar-refractivity contribution in [1.29, 1.82) is 0 Å². The smallest absolute Gasteiger partial charge is 0.0344 e. The van der Waals surface area contributed by atoms with Crippen LogP contribution < -0.4 is 5.32 Å². The number of hydrogen-bond acceptors (Lipinski definition) is 1. The summed E-state index contributed by atoms with van der Waals surface area (Å²) in [5.41, 5.74) is 1.32. The summed E-state index contributed by atoms with van der Waals surface area (Å²) in [6.07, 6.45) is 12.0. The molecule has 0 fully saturated rings. The lowest BCUT2D eigenvalue weighted by atomic mass is 9.88. The van der Waals surface area contributed by atoms with Crippen LogP contribution in [0.4, 0.5) is 0 Å². The van der Waals surface area contributed by atoms with Gasteiger partial charge in [-0.1, -0.05) is 50.1 Å². The van der Waals surface area contributed by atoms with Crippen molar-refractivity contribution < 1.29 is 0 Å². The molecule has 1 nitrogen and oxygen atoms in total. The Morgan fingerprint density at radius 1 is 1.22 bits per heavy atom. The molecule has 0 saturated heterocycles. The van der Waals surface area contributed by atoms with Crippen molar-refractivity contribution in [3.63, 3.8) is 0 Å². The maximum absolute atomic E-state index is 3.94. The number of nitrogens with one attached hydrogen (secondary N) is 1. The van der Waals surface area contributed by atoms with Crippen molar-refractivity contribution in [3.05, 3.63) is 36.5 Å². The van der Waals surface area contributed by atoms with E-state index in [2.05, 4.69) is 71.7 Å². The van der Waals surface area contributed by atoms with Gasteiger partial charge in [-0.25, -0.2) is 0 Å². The fourth-order valence-corrected chi connectivity index (χ4v) is 1.78. The maximum atomic E-state index is 3.94. The van der Waals surface area contributed by atoms with E-state index in [0.29, 0.717) is 0 Å². The first kappa shape index (κ1) is 17.2. The second-order valence-corrected chi connectivity index (χ2v) is 5.79. The minimum atomic E-state index is -0.0183. The molecular formula is C17H31N. The molecule has 0 amide bonds. The van der Waals surface area contributed by atoms with E-state index < -0.39 is 0 Å². The van der Waals surface area contributed by atoms with E-state index in [9.17, 15) is 0 Å². The molecule has 1 N–H and O–H groups in total. The van der Waals surface area contributed by atoms with Crippen molar-refractivity contribution in [1.82, 2.24) is 5.32 Å². The van der Waals surface area contributed by atoms with E-state index in [-0.39, 0.29) is 11.1 Å². The molecule has 0 radical (unpaired) electrons. The summed E-state index contributed by atoms with van der Waals surface area (Å²) in [6, 6.07) is 0. The molecule has 104 valence electrons. The van der Waals surface area contributed by atoms with E-state index >= 15 is 0 Å². The van der Waals surface area contributed by atoms with Gasteiger partial charge < -0.3 is 0 Å². The Morgan fingerprint density at radius 2 is 1.83 bits per heavy atom. The van der Waals surface area contributed by atoms with Crippen LogP contribution in [0, 0.1) is 0 Å². The molecule has 0 rings (SSSR count). The quantitative estimate of drug-likeness (QED) is 0.471. The molecule has 18 heavy (non-hydrogen) atoms. The molecule has 0 aliphatic carbocycles. The van der Waals surface area contributed by atoms with Gasteiger partial charge in [0.15, 0.2) is 0 Å². The molecule has 0 aromatic heterocycles. The van der Waals surface area contributed by atoms with Crippen LogP contribution in [0.25, 0.3) is 0 Å². The van der Waals surface area contributed by atoms with Crippen molar-refractivity contribution in [3.8, 4) is 0 Å². The van der Waals surface area contributed by atoms with Crippen molar-refractivity contribution in [2.75, 3.05) is 0 Å². The summed E-state index contributed by atoms with van der Waals surface area (Å²) in [4.78, 5) is 0. The second-order valence-electron chi connectivity index (χ2n) is 5.79. The van der Waals surface area contributed by atoms with Gasteiger partial charge in [-0.2, -0.15) is 0 Å². The van der Waals surface area contributed by atoms with E-state index in [1.807, 2.05) is 6.08 Å². The highest BCUT2D eigenvalue weighted by molar-refractivity contribution is 5.22. The summed E-state index contributed by atoms with van der Waals surface area (Å²) >= 11 is 0. The van der Waals surface area contributed by atoms with Crippen molar-refractivity contribution in [2.24, 2.45) is 0 Å². The standard InChI is InChI=1S/C17H31N/c1-8-11-12-13-14-15(4)16(5,6)18-17(7,9-2)10-3/h9,12-14,18H,2,8,10-11H2,1,3-7H3/b13-12-,15-14+. The van der Waals surface area contributed by atoms with Crippen LogP contribution in [0.3, 0.4) is 0 Å². The highest BCUT2D eigenvalue weighted by Gasteiger charge is 2.28. The van der Waals surface area contributed by atoms with Gasteiger partial charge in [0.05, 0.1) is 0 Å². The first-order chi connectivity index (χ1) is 8.31. The predicted octanol–water partition coefficient (Wildman–Crippen LogP) is 5.01. The average molecular weight is 249 g/mol. The Morgan fingerprint density at radius 3 is 2.28 bits per heavy atom. The minimum Gasteiger partial charge on any atom is -0.299 e. The minimum absolute atomic E-state index is 0.00820. The van der Waals surface area contributed by atoms with Crippen LogP contribution in [0.2, 0.25) is 0 Å². The van der Waals surface area contributed by atoms with E-state index in [0.717, 1.165) is 12.8 Å². The third kappa shape index (κ3) is 5.68. The fourth-order valence-electron chi connectivity index (χ4n) is 1.78. The molecule has 0 saturated carbocycles. The lowest BCUT2D eigenvalue weighted by Gasteiger charge is -2.38. The Kier molecular flexibility index (Phi) is 7.23. The van der Waals surface area contributed by atoms with E-state index in [4.69, 9.17) is 0 Å². The highest BCUT2D eigenvalue weighted by atomic mass is 15.0. The number of allylic oxidation sites excluding steroid dienone is 3. The molecule has 0 aromatic rings. The highest BCUT2D eigenvalue weighted by Crippen LogP contribution is 2.22. The first-order valence-electron chi connectivity index (χ1n) is 7.08. The van der Waals surface area contributed by atoms with Crippen LogP contribution in [0.5, 0.6) is 0 Å². The fraction of sp³-hybridized carbons (Fsp3) is 0.647. The van der Waals surface area contributed by atoms with Gasteiger partial charge in [0.2, 0.25) is 0 Å². The Bertz CT molecular complexity index is 310. The summed E-state index contributed by atoms with van der Waals surface area (Å²) < 4.78 is 0. The van der Waals surface area contributed by atoms with Crippen LogP contribution >= 0.6 is 0 Å². The van der Waals surface area contributed by atoms with Gasteiger partial charge >= 0.3 is 0 Å². The summed E-state index contributed by atoms with van der Waals surface area (Å²) in [6.45, 7) is 17.2. The maximum Gasteiger partial charge on any atom is 0.0344 e. The van der Waals surface area contributed by atoms with Gasteiger partial charge in [-0.3, -0.25) is 5.32 Å². The monoisotopic (exact) mass is 249 g/mol. The van der Waals surface area contributed by atoms with Crippen LogP contribution in [-0.4, -0.2) is 11.1 Å². The second kappa shape index (κ2) is 7.58. The predicted molar refractivity (Wildman–Crippen MR) is 83.9 cm³/mol. The third-order valence-corrected chi connectivity index (χ3v) is 3.71. The molecule has 1 heteroatoms. The Balaban J connectivity index is 4.75. The number of hydrogen-bond donors (Lipinski definition) is 1. The zero-order valence-electron chi connectivity index (χ0n) is 13.1. The van der Waals surface area contributed by atoms with E-state index in [1.165, 1.54) is 12.0 Å². The van der Waals surface area contributed by atoms with Gasteiger partial charge in [0.25, 0.3) is 0 Å². The molecule has 1 unspecified atom stereocenters. The van der Waals surface area contributed by atoms with Gasteiger partial charge in [-0.05, 0) is 40.5 Å². The topological polar surface area (TPSA) is 12.0 Å². The van der Waals surface area contributed by atoms with Gasteiger partial charge in [0.1, 0.15) is 0 Å². The zero-order valence-corrected chi connectivity index (χ0v) is 13.1. The largest absolute Gasteiger partial charge is 0.299 e. The van der Waals surface area contributed by atoms with Crippen molar-refractivity contribution in [2.45, 2.75) is 71.9 Å². The molecule has 1 atom stereocenters. The van der Waals surface area contributed by atoms with Crippen LogP contribution in [0.15, 0.2) is 36.5 Å². The summed E-state index contributed by atoms with van der Waals surface area (Å²) in [5.74, 6) is 0. The summed E-state index contributed by atoms with van der Waals surface area (Å²) in [7, 11) is 0. The van der Waals surface area contributed by atoms with E-state index in [1.54, 1.807) is 0 Å². The zero-order chi connectivity index (χ0) is 14.2.